The number of pyridine rings is 1. The van der Waals surface area contributed by atoms with Gasteiger partial charge in [-0.25, -0.2) is 10.4 Å². The van der Waals surface area contributed by atoms with Gasteiger partial charge in [0, 0.05) is 18.6 Å². The van der Waals surface area contributed by atoms with Gasteiger partial charge < -0.3 is 25.4 Å². The zero-order valence-electron chi connectivity index (χ0n) is 13.4. The molecule has 2 heterocycles. The van der Waals surface area contributed by atoms with E-state index >= 15 is 0 Å². The van der Waals surface area contributed by atoms with E-state index in [9.17, 15) is 20.1 Å². The summed E-state index contributed by atoms with van der Waals surface area (Å²) < 4.78 is 0. The molecule has 0 saturated heterocycles. The number of aromatic amines is 1. The van der Waals surface area contributed by atoms with Gasteiger partial charge in [0.15, 0.2) is 5.82 Å². The number of aliphatic hydroxyl groups excluding tert-OH is 4. The Kier molecular flexibility index (Phi) is 6.31. The number of rotatable bonds is 7. The molecule has 10 nitrogen and oxygen atoms in total. The highest BCUT2D eigenvalue weighted by Gasteiger charge is 2.27. The molecule has 25 heavy (non-hydrogen) atoms. The second-order valence-electron chi connectivity index (χ2n) is 5.24. The summed E-state index contributed by atoms with van der Waals surface area (Å²) in [5.41, 5.74) is 3.08. The van der Waals surface area contributed by atoms with Crippen LogP contribution >= 0.6 is 0 Å². The molecule has 0 aliphatic carbocycles. The summed E-state index contributed by atoms with van der Waals surface area (Å²) in [6.07, 6.45) is -0.314. The topological polar surface area (TPSA) is 164 Å². The molecule has 6 N–H and O–H groups in total. The fourth-order valence-electron chi connectivity index (χ4n) is 1.92. The number of carbonyl (C=O) groups is 1. The maximum atomic E-state index is 11.9. The minimum absolute atomic E-state index is 0.0585. The maximum Gasteiger partial charge on any atom is 0.272 e. The van der Waals surface area contributed by atoms with Crippen molar-refractivity contribution in [2.24, 2.45) is 5.10 Å². The average Bonchev–Trinajstić information content (AvgIpc) is 3.14. The summed E-state index contributed by atoms with van der Waals surface area (Å²) in [4.78, 5) is 22.5. The molecular formula is C15H19N5O5. The number of nitrogens with one attached hydrogen (secondary N) is 2. The third-order valence-electron chi connectivity index (χ3n) is 3.40. The lowest BCUT2D eigenvalue weighted by molar-refractivity contribution is -0.0788. The van der Waals surface area contributed by atoms with E-state index in [2.05, 4.69) is 25.5 Å². The third-order valence-corrected chi connectivity index (χ3v) is 3.40. The fraction of sp³-hybridized carbons (Fsp3) is 0.333. The Balaban J connectivity index is 2.04. The van der Waals surface area contributed by atoms with Crippen LogP contribution < -0.4 is 5.43 Å². The van der Waals surface area contributed by atoms with Crippen molar-refractivity contribution in [1.29, 1.82) is 0 Å². The number of aliphatic hydroxyl groups is 4. The molecule has 0 aliphatic heterocycles. The predicted octanol–water partition coefficient (Wildman–Crippen LogP) is -1.29. The van der Waals surface area contributed by atoms with E-state index in [-0.39, 0.29) is 11.5 Å². The van der Waals surface area contributed by atoms with Crippen LogP contribution in [0.4, 0.5) is 0 Å². The SMILES string of the molecule is CC(=NNC(=O)c1cccnc1)c1nc([C@@H](O)[C@H](O)[C@H](O)CO)c[nH]1. The van der Waals surface area contributed by atoms with Gasteiger partial charge in [0.2, 0.25) is 0 Å². The zero-order valence-corrected chi connectivity index (χ0v) is 13.4. The number of imidazole rings is 1. The number of amides is 1. The molecule has 0 spiro atoms. The maximum absolute atomic E-state index is 11.9. The lowest BCUT2D eigenvalue weighted by Crippen LogP contribution is -2.34. The van der Waals surface area contributed by atoms with Gasteiger partial charge in [-0.15, -0.1) is 0 Å². The summed E-state index contributed by atoms with van der Waals surface area (Å²) in [6, 6.07) is 3.21. The van der Waals surface area contributed by atoms with Crippen molar-refractivity contribution in [3.8, 4) is 0 Å². The van der Waals surface area contributed by atoms with Gasteiger partial charge in [-0.05, 0) is 19.1 Å². The summed E-state index contributed by atoms with van der Waals surface area (Å²) >= 11 is 0. The van der Waals surface area contributed by atoms with Gasteiger partial charge in [0.1, 0.15) is 24.0 Å². The largest absolute Gasteiger partial charge is 0.394 e. The molecule has 1 amide bonds. The Labute approximate surface area is 142 Å². The van der Waals surface area contributed by atoms with Crippen molar-refractivity contribution < 1.29 is 25.2 Å². The van der Waals surface area contributed by atoms with Crippen molar-refractivity contribution in [2.45, 2.75) is 25.2 Å². The monoisotopic (exact) mass is 349 g/mol. The van der Waals surface area contributed by atoms with Gasteiger partial charge in [0.05, 0.1) is 17.9 Å². The zero-order chi connectivity index (χ0) is 18.4. The first-order chi connectivity index (χ1) is 11.9. The smallest absolute Gasteiger partial charge is 0.272 e. The van der Waals surface area contributed by atoms with E-state index < -0.39 is 30.8 Å². The molecule has 0 aromatic carbocycles. The van der Waals surface area contributed by atoms with Crippen LogP contribution in [0.2, 0.25) is 0 Å². The fourth-order valence-corrected chi connectivity index (χ4v) is 1.92. The van der Waals surface area contributed by atoms with Crippen molar-refractivity contribution in [2.75, 3.05) is 6.61 Å². The lowest BCUT2D eigenvalue weighted by atomic mass is 10.1. The molecule has 0 aliphatic rings. The Morgan fingerprint density at radius 2 is 2.16 bits per heavy atom. The number of hydrogen-bond donors (Lipinski definition) is 6. The van der Waals surface area contributed by atoms with E-state index in [0.29, 0.717) is 11.3 Å². The summed E-state index contributed by atoms with van der Waals surface area (Å²) in [5.74, 6) is -0.188. The Bertz CT molecular complexity index is 733. The summed E-state index contributed by atoms with van der Waals surface area (Å²) in [6.45, 7) is 0.883. The highest BCUT2D eigenvalue weighted by atomic mass is 16.4. The molecule has 10 heteroatoms. The molecule has 0 unspecified atom stereocenters. The van der Waals surface area contributed by atoms with E-state index in [1.807, 2.05) is 0 Å². The Hall–Kier alpha value is -2.66. The van der Waals surface area contributed by atoms with Crippen LogP contribution in [-0.4, -0.2) is 65.8 Å². The van der Waals surface area contributed by atoms with Crippen molar-refractivity contribution in [1.82, 2.24) is 20.4 Å². The first kappa shape index (κ1) is 18.7. The van der Waals surface area contributed by atoms with Crippen molar-refractivity contribution in [3.05, 3.63) is 47.8 Å². The number of H-pyrrole nitrogens is 1. The van der Waals surface area contributed by atoms with E-state index in [4.69, 9.17) is 5.11 Å². The molecule has 0 bridgehead atoms. The van der Waals surface area contributed by atoms with Crippen molar-refractivity contribution >= 4 is 11.6 Å². The number of aromatic nitrogens is 3. The average molecular weight is 349 g/mol. The Morgan fingerprint density at radius 1 is 1.40 bits per heavy atom. The van der Waals surface area contributed by atoms with Crippen LogP contribution in [-0.2, 0) is 0 Å². The Morgan fingerprint density at radius 3 is 2.80 bits per heavy atom. The summed E-state index contributed by atoms with van der Waals surface area (Å²) in [5, 5.41) is 41.7. The normalized spacial score (nSPS) is 15.5. The minimum Gasteiger partial charge on any atom is -0.394 e. The van der Waals surface area contributed by atoms with Crippen LogP contribution in [0, 0.1) is 0 Å². The van der Waals surface area contributed by atoms with Gasteiger partial charge in [-0.2, -0.15) is 5.10 Å². The third kappa shape index (κ3) is 4.67. The number of hydrazone groups is 1. The minimum atomic E-state index is -1.59. The van der Waals surface area contributed by atoms with Crippen LogP contribution in [0.5, 0.6) is 0 Å². The van der Waals surface area contributed by atoms with Crippen LogP contribution in [0.1, 0.15) is 34.9 Å². The van der Waals surface area contributed by atoms with Gasteiger partial charge in [-0.3, -0.25) is 9.78 Å². The van der Waals surface area contributed by atoms with E-state index in [1.54, 1.807) is 25.3 Å². The van der Waals surface area contributed by atoms with Crippen LogP contribution in [0.3, 0.4) is 0 Å². The molecule has 0 fully saturated rings. The molecule has 2 aromatic heterocycles. The molecule has 0 radical (unpaired) electrons. The molecule has 134 valence electrons. The molecular weight excluding hydrogens is 330 g/mol. The molecule has 2 rings (SSSR count). The number of hydrogen-bond acceptors (Lipinski definition) is 8. The molecule has 2 aromatic rings. The first-order valence-corrected chi connectivity index (χ1v) is 7.39. The lowest BCUT2D eigenvalue weighted by Gasteiger charge is -2.19. The van der Waals surface area contributed by atoms with Crippen LogP contribution in [0.15, 0.2) is 35.8 Å². The van der Waals surface area contributed by atoms with Crippen LogP contribution in [0.25, 0.3) is 0 Å². The van der Waals surface area contributed by atoms with Gasteiger partial charge in [0.25, 0.3) is 5.91 Å². The highest BCUT2D eigenvalue weighted by molar-refractivity contribution is 5.98. The predicted molar refractivity (Wildman–Crippen MR) is 86.6 cm³/mol. The second kappa shape index (κ2) is 8.44. The number of carbonyl (C=O) groups excluding carboxylic acids is 1. The first-order valence-electron chi connectivity index (χ1n) is 7.39. The highest BCUT2D eigenvalue weighted by Crippen LogP contribution is 2.17. The van der Waals surface area contributed by atoms with Crippen molar-refractivity contribution in [3.63, 3.8) is 0 Å². The second-order valence-corrected chi connectivity index (χ2v) is 5.24. The molecule has 3 atom stereocenters. The van der Waals surface area contributed by atoms with E-state index in [0.717, 1.165) is 0 Å². The quantitative estimate of drug-likeness (QED) is 0.267. The van der Waals surface area contributed by atoms with E-state index in [1.165, 1.54) is 12.4 Å². The molecule has 0 saturated carbocycles. The standard InChI is InChI=1S/C15H19N5O5/c1-8(19-20-15(25)9-3-2-4-16-5-9)14-17-6-10(18-14)12(23)13(24)11(22)7-21/h2-6,11-13,21-24H,7H2,1H3,(H,17,18)(H,20,25)/t11-,12-,13-/m1/s1. The summed E-state index contributed by atoms with van der Waals surface area (Å²) in [7, 11) is 0. The number of nitrogens with zero attached hydrogens (tertiary/aromatic N) is 3. The van der Waals surface area contributed by atoms with Gasteiger partial charge in [-0.1, -0.05) is 0 Å². The van der Waals surface area contributed by atoms with Gasteiger partial charge >= 0.3 is 0 Å².